The summed E-state index contributed by atoms with van der Waals surface area (Å²) in [5, 5.41) is 0. The first-order chi connectivity index (χ1) is 14.1. The van der Waals surface area contributed by atoms with E-state index >= 15 is 0 Å². The minimum absolute atomic E-state index is 0.0277. The Morgan fingerprint density at radius 2 is 1.73 bits per heavy atom. The lowest BCUT2D eigenvalue weighted by Crippen LogP contribution is -2.40. The zero-order valence-electron chi connectivity index (χ0n) is 16.6. The fourth-order valence-electron chi connectivity index (χ4n) is 3.19. The van der Waals surface area contributed by atoms with E-state index in [2.05, 4.69) is 9.97 Å². The van der Waals surface area contributed by atoms with Crippen LogP contribution in [-0.2, 0) is 40.4 Å². The van der Waals surface area contributed by atoms with Crippen molar-refractivity contribution in [1.29, 1.82) is 0 Å². The van der Waals surface area contributed by atoms with E-state index in [0.717, 1.165) is 18.4 Å². The highest BCUT2D eigenvalue weighted by Gasteiger charge is 2.51. The van der Waals surface area contributed by atoms with Crippen molar-refractivity contribution in [1.82, 2.24) is 19.1 Å². The van der Waals surface area contributed by atoms with Gasteiger partial charge in [-0.3, -0.25) is 33.3 Å². The molecule has 4 atom stereocenters. The molecule has 2 aromatic rings. The lowest BCUT2D eigenvalue weighted by molar-refractivity contribution is -0.166. The van der Waals surface area contributed by atoms with E-state index in [9.17, 15) is 24.0 Å². The van der Waals surface area contributed by atoms with Crippen molar-refractivity contribution >= 4 is 29.1 Å². The number of imidazole rings is 1. The average molecular weight is 424 g/mol. The molecule has 2 aromatic heterocycles. The van der Waals surface area contributed by atoms with E-state index in [1.807, 2.05) is 0 Å². The van der Waals surface area contributed by atoms with Crippen molar-refractivity contribution in [2.45, 2.75) is 45.3 Å². The molecule has 1 saturated heterocycles. The first-order valence-electron chi connectivity index (χ1n) is 8.89. The monoisotopic (exact) mass is 424 g/mol. The van der Waals surface area contributed by atoms with Crippen LogP contribution < -0.4 is 11.2 Å². The van der Waals surface area contributed by atoms with E-state index in [-0.39, 0.29) is 17.8 Å². The average Bonchev–Trinajstić information content (AvgIpc) is 3.19. The summed E-state index contributed by atoms with van der Waals surface area (Å²) < 4.78 is 23.6. The fourth-order valence-corrected chi connectivity index (χ4v) is 3.19. The molecule has 0 aromatic carbocycles. The smallest absolute Gasteiger partial charge is 0.329 e. The number of rotatable bonds is 5. The van der Waals surface area contributed by atoms with Gasteiger partial charge in [-0.05, 0) is 0 Å². The number of hydrogen-bond acceptors (Lipinski definition) is 10. The van der Waals surface area contributed by atoms with Gasteiger partial charge < -0.3 is 18.9 Å². The number of H-pyrrole nitrogens is 1. The van der Waals surface area contributed by atoms with Gasteiger partial charge >= 0.3 is 23.6 Å². The zero-order valence-corrected chi connectivity index (χ0v) is 16.6. The second-order valence-electron chi connectivity index (χ2n) is 6.66. The van der Waals surface area contributed by atoms with Gasteiger partial charge in [-0.1, -0.05) is 0 Å². The second-order valence-corrected chi connectivity index (χ2v) is 6.66. The van der Waals surface area contributed by atoms with Crippen LogP contribution in [0, 0.1) is 0 Å². The van der Waals surface area contributed by atoms with Gasteiger partial charge in [-0.15, -0.1) is 0 Å². The molecule has 3 heterocycles. The van der Waals surface area contributed by atoms with Crippen LogP contribution in [-0.4, -0.2) is 61.9 Å². The molecule has 0 aliphatic carbocycles. The summed E-state index contributed by atoms with van der Waals surface area (Å²) >= 11 is 0. The van der Waals surface area contributed by atoms with E-state index in [1.54, 1.807) is 0 Å². The number of carbonyl (C=O) groups excluding carboxylic acids is 3. The molecule has 1 fully saturated rings. The van der Waals surface area contributed by atoms with Gasteiger partial charge in [-0.25, -0.2) is 9.78 Å². The maximum absolute atomic E-state index is 12.3. The SMILES string of the molecule is CC(=O)OC[C@H]1O[C@@H](n2cnc3c(=O)n(C)c(=O)[nH]c32)[C@H](OC(C)=O)[C@@H]1OC(C)=O. The number of hydrogen-bond donors (Lipinski definition) is 1. The lowest BCUT2D eigenvalue weighted by Gasteiger charge is -2.23. The number of carbonyl (C=O) groups is 3. The van der Waals surface area contributed by atoms with Gasteiger partial charge in [0.2, 0.25) is 0 Å². The van der Waals surface area contributed by atoms with Crippen LogP contribution in [0.3, 0.4) is 0 Å². The number of nitrogens with zero attached hydrogens (tertiary/aromatic N) is 3. The van der Waals surface area contributed by atoms with Crippen LogP contribution in [0.15, 0.2) is 15.9 Å². The summed E-state index contributed by atoms with van der Waals surface area (Å²) in [5.41, 5.74) is -1.35. The predicted octanol–water partition coefficient (Wildman–Crippen LogP) is -1.25. The molecule has 1 N–H and O–H groups in total. The van der Waals surface area contributed by atoms with Crippen LogP contribution in [0.1, 0.15) is 27.0 Å². The Hall–Kier alpha value is -3.48. The molecule has 0 radical (unpaired) electrons. The Morgan fingerprint density at radius 3 is 2.33 bits per heavy atom. The molecule has 1 aliphatic rings. The fraction of sp³-hybridized carbons (Fsp3) is 0.529. The molecule has 3 rings (SSSR count). The Morgan fingerprint density at radius 1 is 1.10 bits per heavy atom. The standard InChI is InChI=1S/C17H20N4O9/c1-7(22)27-5-10-12(28-8(2)23)13(29-9(3)24)16(30-10)21-6-18-11-14(21)19-17(26)20(4)15(11)25/h6,10,12-13,16H,5H2,1-4H3,(H,19,26)/t10-,12-,13-,16-/m1/s1. The van der Waals surface area contributed by atoms with Crippen LogP contribution in [0.25, 0.3) is 11.2 Å². The third-order valence-corrected chi connectivity index (χ3v) is 4.45. The number of nitrogens with one attached hydrogen (secondary N) is 1. The first kappa shape index (κ1) is 21.2. The molecule has 13 heteroatoms. The van der Waals surface area contributed by atoms with Crippen LogP contribution in [0.5, 0.6) is 0 Å². The zero-order chi connectivity index (χ0) is 22.2. The van der Waals surface area contributed by atoms with Crippen LogP contribution in [0.2, 0.25) is 0 Å². The van der Waals surface area contributed by atoms with E-state index in [1.165, 1.54) is 24.9 Å². The molecule has 0 unspecified atom stereocenters. The van der Waals surface area contributed by atoms with Gasteiger partial charge in [0.05, 0.1) is 6.33 Å². The highest BCUT2D eigenvalue weighted by molar-refractivity contribution is 5.70. The summed E-state index contributed by atoms with van der Waals surface area (Å²) in [7, 11) is 1.29. The quantitative estimate of drug-likeness (QED) is 0.453. The largest absolute Gasteiger partial charge is 0.463 e. The number of ether oxygens (including phenoxy) is 4. The van der Waals surface area contributed by atoms with E-state index in [0.29, 0.717) is 0 Å². The lowest BCUT2D eigenvalue weighted by atomic mass is 10.1. The van der Waals surface area contributed by atoms with Crippen molar-refractivity contribution < 1.29 is 33.3 Å². The van der Waals surface area contributed by atoms with Crippen molar-refractivity contribution in [3.05, 3.63) is 27.2 Å². The Kier molecular flexibility index (Phi) is 5.73. The summed E-state index contributed by atoms with van der Waals surface area (Å²) in [6.45, 7) is 3.23. The van der Waals surface area contributed by atoms with Gasteiger partial charge in [0.1, 0.15) is 18.4 Å². The maximum Gasteiger partial charge on any atom is 0.329 e. The summed E-state index contributed by atoms with van der Waals surface area (Å²) in [5.74, 6) is -1.95. The number of aromatic amines is 1. The van der Waals surface area contributed by atoms with Crippen LogP contribution >= 0.6 is 0 Å². The third-order valence-electron chi connectivity index (χ3n) is 4.45. The molecule has 0 bridgehead atoms. The van der Waals surface area contributed by atoms with Gasteiger partial charge in [-0.2, -0.15) is 0 Å². The minimum atomic E-state index is -1.17. The Balaban J connectivity index is 2.09. The normalized spacial score (nSPS) is 23.3. The van der Waals surface area contributed by atoms with Gasteiger partial charge in [0.25, 0.3) is 5.56 Å². The molecule has 13 nitrogen and oxygen atoms in total. The predicted molar refractivity (Wildman–Crippen MR) is 97.2 cm³/mol. The summed E-state index contributed by atoms with van der Waals surface area (Å²) in [4.78, 5) is 65.4. The molecule has 0 spiro atoms. The first-order valence-corrected chi connectivity index (χ1v) is 8.89. The van der Waals surface area contributed by atoms with Gasteiger partial charge in [0, 0.05) is 27.8 Å². The number of fused-ring (bicyclic) bond motifs is 1. The summed E-state index contributed by atoms with van der Waals surface area (Å²) in [6.07, 6.45) is -3.18. The Labute approximate surface area is 168 Å². The molecule has 0 amide bonds. The van der Waals surface area contributed by atoms with E-state index < -0.39 is 53.7 Å². The third kappa shape index (κ3) is 3.96. The molecule has 0 saturated carbocycles. The van der Waals surface area contributed by atoms with Crippen molar-refractivity contribution in [2.24, 2.45) is 7.05 Å². The van der Waals surface area contributed by atoms with Crippen molar-refractivity contribution in [2.75, 3.05) is 6.61 Å². The van der Waals surface area contributed by atoms with Gasteiger partial charge in [0.15, 0.2) is 24.0 Å². The second kappa shape index (κ2) is 8.10. The Bertz CT molecular complexity index is 1110. The highest BCUT2D eigenvalue weighted by atomic mass is 16.7. The number of esters is 3. The number of aromatic nitrogens is 4. The molecule has 1 aliphatic heterocycles. The summed E-state index contributed by atoms with van der Waals surface area (Å²) in [6, 6.07) is 0. The van der Waals surface area contributed by atoms with Crippen molar-refractivity contribution in [3.8, 4) is 0 Å². The minimum Gasteiger partial charge on any atom is -0.463 e. The molecular weight excluding hydrogens is 404 g/mol. The van der Waals surface area contributed by atoms with E-state index in [4.69, 9.17) is 18.9 Å². The van der Waals surface area contributed by atoms with Crippen LogP contribution in [0.4, 0.5) is 0 Å². The topological polar surface area (TPSA) is 161 Å². The maximum atomic E-state index is 12.3. The molecular formula is C17H20N4O9. The van der Waals surface area contributed by atoms with Crippen molar-refractivity contribution in [3.63, 3.8) is 0 Å². The highest BCUT2D eigenvalue weighted by Crippen LogP contribution is 2.35. The molecule has 162 valence electrons. The molecule has 30 heavy (non-hydrogen) atoms.